The predicted octanol–water partition coefficient (Wildman–Crippen LogP) is 1.93. The third kappa shape index (κ3) is 1.31. The molecule has 3 heteroatoms. The van der Waals surface area contributed by atoms with Crippen LogP contribution in [0.25, 0.3) is 0 Å². The first-order valence-electron chi connectivity index (χ1n) is 1.80. The Balaban J connectivity index is 3.04. The van der Waals surface area contributed by atoms with Crippen molar-refractivity contribution >= 4 is 38.9 Å². The van der Waals surface area contributed by atoms with Crippen LogP contribution in [-0.2, 0) is 0 Å². The second-order valence-electron chi connectivity index (χ2n) is 1.14. The largest absolute Gasteiger partial charge is 0.391 e. The lowest BCUT2D eigenvalue weighted by Crippen LogP contribution is -1.72. The van der Waals surface area contributed by atoms with Crippen molar-refractivity contribution in [3.8, 4) is 0 Å². The summed E-state index contributed by atoms with van der Waals surface area (Å²) in [5.74, 6) is 0. The van der Waals surface area contributed by atoms with Crippen molar-refractivity contribution in [2.45, 2.75) is 0 Å². The van der Waals surface area contributed by atoms with Crippen molar-refractivity contribution in [2.75, 3.05) is 5.73 Å². The zero-order valence-corrected chi connectivity index (χ0v) is 6.49. The molecule has 0 aliphatic carbocycles. The maximum atomic E-state index is 5.39. The third-order valence-electron chi connectivity index (χ3n) is 0.594. The number of nitrogens with two attached hydrogens (primary N) is 1. The van der Waals surface area contributed by atoms with E-state index in [1.54, 1.807) is 11.3 Å². The Labute approximate surface area is 59.7 Å². The Bertz CT molecular complexity index is 144. The standard InChI is InChI=1S/C4H4INS/c5-3-1-2-4(6)7-3/h1-2H,6H2. The second kappa shape index (κ2) is 2.00. The quantitative estimate of drug-likeness (QED) is 0.671. The van der Waals surface area contributed by atoms with Gasteiger partial charge in [-0.25, -0.2) is 0 Å². The van der Waals surface area contributed by atoms with E-state index in [2.05, 4.69) is 22.6 Å². The number of hydrogen-bond acceptors (Lipinski definition) is 2. The molecule has 0 unspecified atom stereocenters. The van der Waals surface area contributed by atoms with E-state index in [1.165, 1.54) is 2.88 Å². The molecule has 0 aliphatic heterocycles. The maximum Gasteiger partial charge on any atom is 0.0867 e. The van der Waals surface area contributed by atoms with Crippen LogP contribution in [0.3, 0.4) is 0 Å². The van der Waals surface area contributed by atoms with Crippen molar-refractivity contribution in [2.24, 2.45) is 0 Å². The van der Waals surface area contributed by atoms with Gasteiger partial charge in [-0.3, -0.25) is 0 Å². The highest BCUT2D eigenvalue weighted by Crippen LogP contribution is 2.18. The van der Waals surface area contributed by atoms with Crippen LogP contribution in [-0.4, -0.2) is 0 Å². The van der Waals surface area contributed by atoms with E-state index in [0.29, 0.717) is 0 Å². The molecule has 2 N–H and O–H groups in total. The van der Waals surface area contributed by atoms with Gasteiger partial charge in [0.05, 0.1) is 7.88 Å². The van der Waals surface area contributed by atoms with Gasteiger partial charge in [0.25, 0.3) is 0 Å². The number of thiophene rings is 1. The monoisotopic (exact) mass is 225 g/mol. The lowest BCUT2D eigenvalue weighted by molar-refractivity contribution is 1.92. The van der Waals surface area contributed by atoms with Crippen molar-refractivity contribution < 1.29 is 0 Å². The number of rotatable bonds is 0. The Morgan fingerprint density at radius 1 is 1.57 bits per heavy atom. The van der Waals surface area contributed by atoms with Gasteiger partial charge in [-0.2, -0.15) is 0 Å². The van der Waals surface area contributed by atoms with E-state index in [-0.39, 0.29) is 0 Å². The minimum absolute atomic E-state index is 0.893. The van der Waals surface area contributed by atoms with Crippen LogP contribution >= 0.6 is 33.9 Å². The molecule has 1 rings (SSSR count). The molecule has 7 heavy (non-hydrogen) atoms. The molecule has 0 fully saturated rings. The molecule has 0 saturated heterocycles. The van der Waals surface area contributed by atoms with Crippen molar-refractivity contribution in [3.05, 3.63) is 15.0 Å². The highest BCUT2D eigenvalue weighted by molar-refractivity contribution is 14.1. The van der Waals surface area contributed by atoms with Gasteiger partial charge in [-0.1, -0.05) is 0 Å². The highest BCUT2D eigenvalue weighted by atomic mass is 127. The van der Waals surface area contributed by atoms with E-state index < -0.39 is 0 Å². The first-order chi connectivity index (χ1) is 3.29. The van der Waals surface area contributed by atoms with Crippen LogP contribution in [0.1, 0.15) is 0 Å². The van der Waals surface area contributed by atoms with Crippen LogP contribution in [0.4, 0.5) is 5.00 Å². The number of anilines is 1. The molecule has 0 saturated carbocycles. The molecule has 1 aromatic rings. The zero-order chi connectivity index (χ0) is 5.28. The second-order valence-corrected chi connectivity index (χ2v) is 4.15. The van der Waals surface area contributed by atoms with Crippen molar-refractivity contribution in [1.29, 1.82) is 0 Å². The average Bonchev–Trinajstić information content (AvgIpc) is 1.87. The molecule has 0 bridgehead atoms. The smallest absolute Gasteiger partial charge is 0.0867 e. The Hall–Kier alpha value is 0.230. The van der Waals surface area contributed by atoms with Gasteiger partial charge < -0.3 is 5.73 Å². The average molecular weight is 225 g/mol. The summed E-state index contributed by atoms with van der Waals surface area (Å²) in [6.07, 6.45) is 0. The molecule has 0 amide bonds. The summed E-state index contributed by atoms with van der Waals surface area (Å²) in [6, 6.07) is 3.91. The van der Waals surface area contributed by atoms with Gasteiger partial charge in [0.15, 0.2) is 0 Å². The normalized spacial score (nSPS) is 9.29. The molecule has 0 aliphatic rings. The molecule has 38 valence electrons. The molecule has 0 atom stereocenters. The fourth-order valence-corrected chi connectivity index (χ4v) is 1.77. The Morgan fingerprint density at radius 3 is 2.43 bits per heavy atom. The van der Waals surface area contributed by atoms with Gasteiger partial charge in [-0.15, -0.1) is 11.3 Å². The SMILES string of the molecule is Nc1ccc(I)s1. The van der Waals surface area contributed by atoms with Crippen LogP contribution in [0.15, 0.2) is 12.1 Å². The van der Waals surface area contributed by atoms with Gasteiger partial charge >= 0.3 is 0 Å². The van der Waals surface area contributed by atoms with Crippen molar-refractivity contribution in [3.63, 3.8) is 0 Å². The van der Waals surface area contributed by atoms with E-state index in [1.807, 2.05) is 12.1 Å². The number of hydrogen-bond donors (Lipinski definition) is 1. The first-order valence-corrected chi connectivity index (χ1v) is 3.69. The molecular weight excluding hydrogens is 221 g/mol. The molecular formula is C4H4INS. The van der Waals surface area contributed by atoms with Gasteiger partial charge in [-0.05, 0) is 34.7 Å². The summed E-state index contributed by atoms with van der Waals surface area (Å²) in [4.78, 5) is 0. The van der Waals surface area contributed by atoms with E-state index in [9.17, 15) is 0 Å². The molecule has 0 aromatic carbocycles. The van der Waals surface area contributed by atoms with Crippen LogP contribution in [0.5, 0.6) is 0 Å². The lowest BCUT2D eigenvalue weighted by atomic mass is 10.6. The molecule has 0 radical (unpaired) electrons. The van der Waals surface area contributed by atoms with Crippen molar-refractivity contribution in [1.82, 2.24) is 0 Å². The summed E-state index contributed by atoms with van der Waals surface area (Å²) in [6.45, 7) is 0. The summed E-state index contributed by atoms with van der Waals surface area (Å²) in [7, 11) is 0. The molecule has 1 heterocycles. The number of halogens is 1. The molecule has 1 aromatic heterocycles. The fraction of sp³-hybridized carbons (Fsp3) is 0. The third-order valence-corrected chi connectivity index (χ3v) is 2.32. The zero-order valence-electron chi connectivity index (χ0n) is 3.52. The fourth-order valence-electron chi connectivity index (χ4n) is 0.328. The Morgan fingerprint density at radius 2 is 2.29 bits per heavy atom. The van der Waals surface area contributed by atoms with Crippen LogP contribution in [0, 0.1) is 2.88 Å². The minimum Gasteiger partial charge on any atom is -0.391 e. The summed E-state index contributed by atoms with van der Waals surface area (Å²) in [5, 5.41) is 0.893. The summed E-state index contributed by atoms with van der Waals surface area (Å²) < 4.78 is 1.25. The summed E-state index contributed by atoms with van der Waals surface area (Å²) >= 11 is 3.85. The predicted molar refractivity (Wildman–Crippen MR) is 41.4 cm³/mol. The van der Waals surface area contributed by atoms with E-state index in [0.717, 1.165) is 5.00 Å². The van der Waals surface area contributed by atoms with Gasteiger partial charge in [0.2, 0.25) is 0 Å². The van der Waals surface area contributed by atoms with E-state index >= 15 is 0 Å². The highest BCUT2D eigenvalue weighted by Gasteiger charge is 1.86. The topological polar surface area (TPSA) is 26.0 Å². The minimum atomic E-state index is 0.893. The molecule has 0 spiro atoms. The first kappa shape index (κ1) is 5.37. The van der Waals surface area contributed by atoms with Gasteiger partial charge in [0.1, 0.15) is 0 Å². The maximum absolute atomic E-state index is 5.39. The van der Waals surface area contributed by atoms with Crippen LogP contribution in [0.2, 0.25) is 0 Å². The molecule has 1 nitrogen and oxygen atoms in total. The van der Waals surface area contributed by atoms with E-state index in [4.69, 9.17) is 5.73 Å². The Kier molecular flexibility index (Phi) is 1.53. The lowest BCUT2D eigenvalue weighted by Gasteiger charge is -1.71. The van der Waals surface area contributed by atoms with Gasteiger partial charge in [0, 0.05) is 0 Å². The van der Waals surface area contributed by atoms with Crippen LogP contribution < -0.4 is 5.73 Å². The number of nitrogen functional groups attached to an aromatic ring is 1. The summed E-state index contributed by atoms with van der Waals surface area (Å²) in [5.41, 5.74) is 5.39.